The van der Waals surface area contributed by atoms with E-state index < -0.39 is 25.5 Å². The summed E-state index contributed by atoms with van der Waals surface area (Å²) in [6.07, 6.45) is -7.34. The molecule has 19 heavy (non-hydrogen) atoms. The Bertz CT molecular complexity index is 406. The minimum Gasteiger partial charge on any atom is -0.490 e. The van der Waals surface area contributed by atoms with Crippen LogP contribution in [-0.2, 0) is 6.61 Å². The first-order valence-corrected chi connectivity index (χ1v) is 5.63. The lowest BCUT2D eigenvalue weighted by Gasteiger charge is -2.18. The maximum absolute atomic E-state index is 12.2. The number of alkyl halides is 3. The summed E-state index contributed by atoms with van der Waals surface area (Å²) in [6.45, 7) is 0.645. The molecule has 0 fully saturated rings. The Morgan fingerprint density at radius 3 is 2.47 bits per heavy atom. The van der Waals surface area contributed by atoms with Crippen LogP contribution >= 0.6 is 0 Å². The average molecular weight is 280 g/mol. The van der Waals surface area contributed by atoms with Crippen molar-refractivity contribution in [2.24, 2.45) is 0 Å². The van der Waals surface area contributed by atoms with E-state index >= 15 is 0 Å². The molecule has 1 rings (SSSR count). The van der Waals surface area contributed by atoms with Gasteiger partial charge in [0.25, 0.3) is 0 Å². The average Bonchev–Trinajstić information content (AvgIpc) is 2.35. The van der Waals surface area contributed by atoms with Crippen molar-refractivity contribution < 1.29 is 32.9 Å². The predicted octanol–water partition coefficient (Wildman–Crippen LogP) is 1.88. The van der Waals surface area contributed by atoms with Crippen LogP contribution in [0.2, 0.25) is 0 Å². The smallest absolute Gasteiger partial charge is 0.417 e. The third-order valence-corrected chi connectivity index (χ3v) is 2.29. The Balaban J connectivity index is 2.86. The van der Waals surface area contributed by atoms with Gasteiger partial charge in [0, 0.05) is 5.56 Å². The zero-order chi connectivity index (χ0) is 14.5. The van der Waals surface area contributed by atoms with Crippen molar-refractivity contribution in [1.29, 1.82) is 0 Å². The summed E-state index contributed by atoms with van der Waals surface area (Å²) in [7, 11) is 0. The van der Waals surface area contributed by atoms with Crippen molar-refractivity contribution in [3.05, 3.63) is 23.8 Å². The number of halogens is 3. The first-order chi connectivity index (χ1) is 8.90. The van der Waals surface area contributed by atoms with Gasteiger partial charge < -0.3 is 19.7 Å². The molecule has 0 bridgehead atoms. The molecule has 0 aromatic heterocycles. The summed E-state index contributed by atoms with van der Waals surface area (Å²) in [6, 6.07) is 4.60. The molecule has 0 saturated carbocycles. The molecular formula is C12H15F3O4. The number of aliphatic hydroxyl groups excluding tert-OH is 2. The van der Waals surface area contributed by atoms with E-state index in [0.717, 1.165) is 0 Å². The van der Waals surface area contributed by atoms with Gasteiger partial charge in [0.05, 0.1) is 13.2 Å². The van der Waals surface area contributed by atoms with E-state index in [4.69, 9.17) is 19.7 Å². The highest BCUT2D eigenvalue weighted by Crippen LogP contribution is 2.32. The third kappa shape index (κ3) is 4.29. The van der Waals surface area contributed by atoms with Crippen LogP contribution in [0.5, 0.6) is 11.5 Å². The Kier molecular flexibility index (Phi) is 5.44. The van der Waals surface area contributed by atoms with Crippen LogP contribution in [0.25, 0.3) is 0 Å². The van der Waals surface area contributed by atoms with Gasteiger partial charge in [0.1, 0.15) is 6.61 Å². The van der Waals surface area contributed by atoms with E-state index in [9.17, 15) is 13.2 Å². The highest BCUT2D eigenvalue weighted by atomic mass is 19.4. The lowest BCUT2D eigenvalue weighted by molar-refractivity contribution is -0.210. The van der Waals surface area contributed by atoms with E-state index in [1.807, 2.05) is 0 Å². The SMILES string of the molecule is CCOc1cccc(CO)c1OCC(O)C(F)(F)F. The second kappa shape index (κ2) is 6.63. The number of hydrogen-bond acceptors (Lipinski definition) is 4. The summed E-state index contributed by atoms with van der Waals surface area (Å²) < 4.78 is 46.7. The third-order valence-electron chi connectivity index (χ3n) is 2.29. The summed E-state index contributed by atoms with van der Waals surface area (Å²) in [5.41, 5.74) is 0.292. The van der Waals surface area contributed by atoms with E-state index in [0.29, 0.717) is 12.2 Å². The van der Waals surface area contributed by atoms with Gasteiger partial charge >= 0.3 is 6.18 Å². The lowest BCUT2D eigenvalue weighted by atomic mass is 10.2. The van der Waals surface area contributed by atoms with Gasteiger partial charge in [-0.25, -0.2) is 0 Å². The lowest BCUT2D eigenvalue weighted by Crippen LogP contribution is -2.34. The van der Waals surface area contributed by atoms with Crippen molar-refractivity contribution >= 4 is 0 Å². The van der Waals surface area contributed by atoms with E-state index in [2.05, 4.69) is 0 Å². The number of rotatable bonds is 6. The number of para-hydroxylation sites is 1. The Morgan fingerprint density at radius 2 is 1.95 bits per heavy atom. The predicted molar refractivity (Wildman–Crippen MR) is 61.1 cm³/mol. The summed E-state index contributed by atoms with van der Waals surface area (Å²) in [5.74, 6) is 0.235. The fourth-order valence-electron chi connectivity index (χ4n) is 1.38. The molecule has 0 aliphatic carbocycles. The maximum Gasteiger partial charge on any atom is 0.417 e. The van der Waals surface area contributed by atoms with Crippen LogP contribution in [-0.4, -0.2) is 35.7 Å². The van der Waals surface area contributed by atoms with Crippen LogP contribution < -0.4 is 9.47 Å². The molecule has 0 aliphatic rings. The summed E-state index contributed by atoms with van der Waals surface area (Å²) in [4.78, 5) is 0. The number of aliphatic hydroxyl groups is 2. The van der Waals surface area contributed by atoms with E-state index in [1.54, 1.807) is 13.0 Å². The second-order valence-corrected chi connectivity index (χ2v) is 3.70. The van der Waals surface area contributed by atoms with E-state index in [-0.39, 0.29) is 11.5 Å². The molecule has 0 spiro atoms. The molecule has 1 aromatic carbocycles. The molecule has 7 heteroatoms. The molecule has 4 nitrogen and oxygen atoms in total. The molecule has 0 heterocycles. The largest absolute Gasteiger partial charge is 0.490 e. The molecule has 0 radical (unpaired) electrons. The van der Waals surface area contributed by atoms with Gasteiger partial charge in [-0.05, 0) is 13.0 Å². The minimum atomic E-state index is -4.75. The van der Waals surface area contributed by atoms with Gasteiger partial charge in [0.15, 0.2) is 17.6 Å². The molecule has 0 amide bonds. The van der Waals surface area contributed by atoms with Gasteiger partial charge in [-0.2, -0.15) is 13.2 Å². The topological polar surface area (TPSA) is 58.9 Å². The van der Waals surface area contributed by atoms with E-state index in [1.165, 1.54) is 12.1 Å². The fourth-order valence-corrected chi connectivity index (χ4v) is 1.38. The van der Waals surface area contributed by atoms with Crippen LogP contribution in [0.1, 0.15) is 12.5 Å². The zero-order valence-electron chi connectivity index (χ0n) is 10.3. The fraction of sp³-hybridized carbons (Fsp3) is 0.500. The number of benzene rings is 1. The number of ether oxygens (including phenoxy) is 2. The Morgan fingerprint density at radius 1 is 1.26 bits per heavy atom. The number of hydrogen-bond donors (Lipinski definition) is 2. The van der Waals surface area contributed by atoms with Crippen molar-refractivity contribution in [3.63, 3.8) is 0 Å². The Hall–Kier alpha value is -1.47. The second-order valence-electron chi connectivity index (χ2n) is 3.70. The zero-order valence-corrected chi connectivity index (χ0v) is 10.3. The molecule has 1 aromatic rings. The van der Waals surface area contributed by atoms with Crippen LogP contribution in [0, 0.1) is 0 Å². The summed E-state index contributed by atoms with van der Waals surface area (Å²) in [5, 5.41) is 18.0. The Labute approximate surface area is 108 Å². The highest BCUT2D eigenvalue weighted by Gasteiger charge is 2.39. The maximum atomic E-state index is 12.2. The molecule has 0 aliphatic heterocycles. The van der Waals surface area contributed by atoms with Crippen molar-refractivity contribution in [2.45, 2.75) is 25.8 Å². The molecule has 1 atom stereocenters. The highest BCUT2D eigenvalue weighted by molar-refractivity contribution is 5.46. The van der Waals surface area contributed by atoms with Crippen molar-refractivity contribution in [2.75, 3.05) is 13.2 Å². The van der Waals surface area contributed by atoms with Crippen LogP contribution in [0.4, 0.5) is 13.2 Å². The van der Waals surface area contributed by atoms with Gasteiger partial charge in [-0.3, -0.25) is 0 Å². The normalized spacial score (nSPS) is 13.2. The molecule has 2 N–H and O–H groups in total. The van der Waals surface area contributed by atoms with Crippen molar-refractivity contribution in [3.8, 4) is 11.5 Å². The molecule has 108 valence electrons. The van der Waals surface area contributed by atoms with Crippen molar-refractivity contribution in [1.82, 2.24) is 0 Å². The van der Waals surface area contributed by atoms with Crippen LogP contribution in [0.15, 0.2) is 18.2 Å². The van der Waals surface area contributed by atoms with Crippen LogP contribution in [0.3, 0.4) is 0 Å². The minimum absolute atomic E-state index is 0.00940. The van der Waals surface area contributed by atoms with Gasteiger partial charge in [-0.1, -0.05) is 12.1 Å². The quantitative estimate of drug-likeness (QED) is 0.835. The first kappa shape index (κ1) is 15.6. The monoisotopic (exact) mass is 280 g/mol. The van der Waals surface area contributed by atoms with Gasteiger partial charge in [-0.15, -0.1) is 0 Å². The first-order valence-electron chi connectivity index (χ1n) is 5.63. The molecular weight excluding hydrogens is 265 g/mol. The molecule has 1 unspecified atom stereocenters. The standard InChI is InChI=1S/C12H15F3O4/c1-2-18-9-5-3-4-8(6-16)11(9)19-7-10(17)12(13,14)15/h3-5,10,16-17H,2,6-7H2,1H3. The van der Waals surface area contributed by atoms with Gasteiger partial charge in [0.2, 0.25) is 0 Å². The molecule has 0 saturated heterocycles. The summed E-state index contributed by atoms with van der Waals surface area (Å²) >= 11 is 0.